The summed E-state index contributed by atoms with van der Waals surface area (Å²) in [4.78, 5) is 36.8. The van der Waals surface area contributed by atoms with Gasteiger partial charge < -0.3 is 15.8 Å². The van der Waals surface area contributed by atoms with Gasteiger partial charge >= 0.3 is 6.18 Å². The second-order valence-corrected chi connectivity index (χ2v) is 11.9. The first kappa shape index (κ1) is 27.9. The van der Waals surface area contributed by atoms with Crippen LogP contribution in [0.1, 0.15) is 75.7 Å². The molecule has 1 aromatic heterocycles. The number of hydrogen-bond donors (Lipinski definition) is 2. The van der Waals surface area contributed by atoms with Gasteiger partial charge in [0.1, 0.15) is 17.2 Å². The number of amides is 2. The van der Waals surface area contributed by atoms with Crippen LogP contribution in [0.15, 0.2) is 41.7 Å². The molecule has 0 spiro atoms. The second kappa shape index (κ2) is 9.45. The maximum atomic E-state index is 14.9. The maximum absolute atomic E-state index is 14.9. The highest BCUT2D eigenvalue weighted by Gasteiger charge is 2.54. The fourth-order valence-electron chi connectivity index (χ4n) is 5.83. The molecule has 1 fully saturated rings. The molecule has 2 aromatic rings. The van der Waals surface area contributed by atoms with Crippen molar-refractivity contribution in [1.29, 1.82) is 0 Å². The van der Waals surface area contributed by atoms with Crippen molar-refractivity contribution >= 4 is 17.8 Å². The first-order valence-corrected chi connectivity index (χ1v) is 13.0. The number of pyridine rings is 1. The van der Waals surface area contributed by atoms with E-state index in [1.54, 1.807) is 52.2 Å². The Balaban J connectivity index is 1.44. The molecule has 2 aliphatic heterocycles. The first-order valence-electron chi connectivity index (χ1n) is 13.0. The minimum absolute atomic E-state index is 0.0445. The van der Waals surface area contributed by atoms with Gasteiger partial charge in [0, 0.05) is 24.7 Å². The van der Waals surface area contributed by atoms with Crippen LogP contribution in [-0.4, -0.2) is 38.8 Å². The number of carbonyl (C=O) groups is 2. The normalized spacial score (nSPS) is 25.8. The molecule has 0 unspecified atom stereocenters. The summed E-state index contributed by atoms with van der Waals surface area (Å²) >= 11 is 0. The number of nitrogens with one attached hydrogen (secondary N) is 1. The van der Waals surface area contributed by atoms with E-state index in [1.807, 2.05) is 0 Å². The van der Waals surface area contributed by atoms with Crippen molar-refractivity contribution < 1.29 is 31.9 Å². The summed E-state index contributed by atoms with van der Waals surface area (Å²) in [5, 5.41) is 2.78. The molecule has 214 valence electrons. The molecular formula is C28H31F4N5O3. The Labute approximate surface area is 229 Å². The lowest BCUT2D eigenvalue weighted by Gasteiger charge is -2.39. The van der Waals surface area contributed by atoms with Crippen LogP contribution < -0.4 is 15.8 Å². The van der Waals surface area contributed by atoms with Gasteiger partial charge in [-0.15, -0.1) is 0 Å². The van der Waals surface area contributed by atoms with Gasteiger partial charge in [0.2, 0.25) is 11.8 Å². The van der Waals surface area contributed by atoms with E-state index in [9.17, 15) is 27.2 Å². The molecule has 3 heterocycles. The number of aromatic nitrogens is 1. The third-order valence-corrected chi connectivity index (χ3v) is 7.59. The van der Waals surface area contributed by atoms with Gasteiger partial charge in [-0.3, -0.25) is 19.5 Å². The minimum atomic E-state index is -4.77. The molecule has 1 saturated carbocycles. The Bertz CT molecular complexity index is 1380. The number of hydrogen-bond acceptors (Lipinski definition) is 6. The molecule has 1 aliphatic carbocycles. The fraction of sp³-hybridized carbons (Fsp3) is 0.500. The number of halogens is 4. The SMILES string of the molecule is CC1(C)CC(=O)N([C@H](c2cccnc2)[C@H]2C[C@@H]2C(=O)N[C@H]2CC(C)(C)Oc3c(C(F)(F)F)ccc(F)c32)C(N)=N1. The number of alkyl halides is 3. The zero-order chi connectivity index (χ0) is 29.2. The number of guanidine groups is 1. The molecule has 1 aromatic carbocycles. The molecule has 0 saturated heterocycles. The number of benzene rings is 1. The van der Waals surface area contributed by atoms with Crippen LogP contribution in [0.25, 0.3) is 0 Å². The van der Waals surface area contributed by atoms with Gasteiger partial charge in [0.25, 0.3) is 0 Å². The Morgan fingerprint density at radius 3 is 2.58 bits per heavy atom. The van der Waals surface area contributed by atoms with Crippen LogP contribution in [-0.2, 0) is 15.8 Å². The molecule has 0 radical (unpaired) electrons. The number of ether oxygens (including phenoxy) is 1. The standard InChI is InChI=1S/C28H31F4N5O3/c1-26(2)12-20(38)37(25(33)36-26)22(14-6-5-9-34-13-14)15-10-16(15)24(39)35-19-11-27(3,4)40-23-17(28(30,31)32)7-8-18(29)21(19)23/h5-9,13,15-16,19,22H,10-12H2,1-4H3,(H2,33,36)(H,35,39)/t15-,16-,19-,22+/m0/s1. The third kappa shape index (κ3) is 5.23. The van der Waals surface area contributed by atoms with Crippen LogP contribution in [0.4, 0.5) is 17.6 Å². The molecule has 0 bridgehead atoms. The van der Waals surface area contributed by atoms with E-state index >= 15 is 0 Å². The molecule has 3 N–H and O–H groups in total. The van der Waals surface area contributed by atoms with Gasteiger partial charge in [0.15, 0.2) is 5.96 Å². The Kier molecular flexibility index (Phi) is 6.58. The van der Waals surface area contributed by atoms with Gasteiger partial charge in [-0.1, -0.05) is 6.07 Å². The quantitative estimate of drug-likeness (QED) is 0.516. The summed E-state index contributed by atoms with van der Waals surface area (Å²) in [6.45, 7) is 6.78. The topological polar surface area (TPSA) is 110 Å². The number of rotatable bonds is 5. The Morgan fingerprint density at radius 2 is 1.95 bits per heavy atom. The van der Waals surface area contributed by atoms with E-state index < -0.39 is 58.4 Å². The van der Waals surface area contributed by atoms with Crippen LogP contribution in [0.5, 0.6) is 5.75 Å². The number of fused-ring (bicyclic) bond motifs is 1. The third-order valence-electron chi connectivity index (χ3n) is 7.59. The van der Waals surface area contributed by atoms with Gasteiger partial charge in [-0.2, -0.15) is 13.2 Å². The van der Waals surface area contributed by atoms with Gasteiger partial charge in [-0.25, -0.2) is 9.38 Å². The second-order valence-electron chi connectivity index (χ2n) is 11.9. The van der Waals surface area contributed by atoms with Crippen LogP contribution >= 0.6 is 0 Å². The largest absolute Gasteiger partial charge is 0.487 e. The molecule has 12 heteroatoms. The Morgan fingerprint density at radius 1 is 1.23 bits per heavy atom. The highest BCUT2D eigenvalue weighted by Crippen LogP contribution is 2.52. The van der Waals surface area contributed by atoms with Crippen molar-refractivity contribution in [3.63, 3.8) is 0 Å². The van der Waals surface area contributed by atoms with E-state index in [0.29, 0.717) is 18.1 Å². The lowest BCUT2D eigenvalue weighted by Crippen LogP contribution is -2.52. The van der Waals surface area contributed by atoms with E-state index in [4.69, 9.17) is 10.5 Å². The molecule has 5 rings (SSSR count). The van der Waals surface area contributed by atoms with Crippen molar-refractivity contribution in [3.05, 3.63) is 59.2 Å². The van der Waals surface area contributed by atoms with Gasteiger partial charge in [-0.05, 0) is 63.8 Å². The maximum Gasteiger partial charge on any atom is 0.419 e. The van der Waals surface area contributed by atoms with Crippen molar-refractivity contribution in [2.24, 2.45) is 22.6 Å². The summed E-state index contributed by atoms with van der Waals surface area (Å²) in [5.74, 6) is -3.10. The van der Waals surface area contributed by atoms with Crippen LogP contribution in [0.3, 0.4) is 0 Å². The van der Waals surface area contributed by atoms with Crippen molar-refractivity contribution in [2.75, 3.05) is 0 Å². The summed E-state index contributed by atoms with van der Waals surface area (Å²) in [6, 6.07) is 3.22. The zero-order valence-corrected chi connectivity index (χ0v) is 22.6. The molecule has 2 amide bonds. The highest BCUT2D eigenvalue weighted by molar-refractivity contribution is 5.99. The molecule has 3 aliphatic rings. The van der Waals surface area contributed by atoms with Crippen LogP contribution in [0.2, 0.25) is 0 Å². The zero-order valence-electron chi connectivity index (χ0n) is 22.6. The lowest BCUT2D eigenvalue weighted by molar-refractivity contribution is -0.140. The molecule has 4 atom stereocenters. The summed E-state index contributed by atoms with van der Waals surface area (Å²) in [7, 11) is 0. The van der Waals surface area contributed by atoms with Crippen molar-refractivity contribution in [3.8, 4) is 5.75 Å². The first-order chi connectivity index (χ1) is 18.6. The van der Waals surface area contributed by atoms with Crippen LogP contribution in [0, 0.1) is 17.7 Å². The van der Waals surface area contributed by atoms with E-state index in [-0.39, 0.29) is 36.2 Å². The lowest BCUT2D eigenvalue weighted by atomic mass is 9.87. The molecule has 40 heavy (non-hydrogen) atoms. The smallest absolute Gasteiger partial charge is 0.419 e. The van der Waals surface area contributed by atoms with E-state index in [1.165, 1.54) is 4.90 Å². The monoisotopic (exact) mass is 561 g/mol. The molecular weight excluding hydrogens is 530 g/mol. The summed E-state index contributed by atoms with van der Waals surface area (Å²) in [5.41, 5.74) is 3.74. The summed E-state index contributed by atoms with van der Waals surface area (Å²) < 4.78 is 61.7. The van der Waals surface area contributed by atoms with E-state index in [0.717, 1.165) is 6.07 Å². The number of nitrogens with zero attached hydrogens (tertiary/aromatic N) is 3. The average molecular weight is 562 g/mol. The van der Waals surface area contributed by atoms with Crippen molar-refractivity contribution in [2.45, 2.75) is 76.4 Å². The fourth-order valence-corrected chi connectivity index (χ4v) is 5.83. The highest BCUT2D eigenvalue weighted by atomic mass is 19.4. The number of nitrogens with two attached hydrogens (primary N) is 1. The average Bonchev–Trinajstić information content (AvgIpc) is 3.60. The summed E-state index contributed by atoms with van der Waals surface area (Å²) in [6.07, 6.45) is -1.00. The predicted molar refractivity (Wildman–Crippen MR) is 137 cm³/mol. The van der Waals surface area contributed by atoms with E-state index in [2.05, 4.69) is 15.3 Å². The minimum Gasteiger partial charge on any atom is -0.487 e. The predicted octanol–water partition coefficient (Wildman–Crippen LogP) is 4.66. The van der Waals surface area contributed by atoms with Crippen molar-refractivity contribution in [1.82, 2.24) is 15.2 Å². The molecule has 8 nitrogen and oxygen atoms in total. The Hall–Kier alpha value is -3.70. The number of carbonyl (C=O) groups excluding carboxylic acids is 2. The van der Waals surface area contributed by atoms with Gasteiger partial charge in [0.05, 0.1) is 35.2 Å². The number of aliphatic imine (C=N–C) groups is 1.